The van der Waals surface area contributed by atoms with E-state index in [0.29, 0.717) is 11.7 Å². The Morgan fingerprint density at radius 3 is 2.17 bits per heavy atom. The minimum atomic E-state index is -0.557. The highest BCUT2D eigenvalue weighted by Crippen LogP contribution is 2.35. The van der Waals surface area contributed by atoms with Gasteiger partial charge in [-0.15, -0.1) is 11.3 Å². The normalized spacial score (nSPS) is 11.5. The summed E-state index contributed by atoms with van der Waals surface area (Å²) in [6, 6.07) is 20.7. The Morgan fingerprint density at radius 2 is 1.57 bits per heavy atom. The van der Waals surface area contributed by atoms with E-state index < -0.39 is 6.04 Å². The molecule has 0 spiro atoms. The quantitative estimate of drug-likeness (QED) is 0.320. The van der Waals surface area contributed by atoms with Gasteiger partial charge in [-0.05, 0) is 73.2 Å². The van der Waals surface area contributed by atoms with Crippen molar-refractivity contribution in [3.63, 3.8) is 0 Å². The summed E-state index contributed by atoms with van der Waals surface area (Å²) in [6.07, 6.45) is 0. The summed E-state index contributed by atoms with van der Waals surface area (Å²) in [7, 11) is 3.24. The first-order valence-electron chi connectivity index (χ1n) is 11.0. The lowest BCUT2D eigenvalue weighted by Crippen LogP contribution is -2.42. The van der Waals surface area contributed by atoms with Crippen LogP contribution in [0.5, 0.6) is 11.5 Å². The van der Waals surface area contributed by atoms with E-state index in [-0.39, 0.29) is 11.7 Å². The Hall–Kier alpha value is -3.91. The first-order chi connectivity index (χ1) is 17.0. The second-order valence-corrected chi connectivity index (χ2v) is 8.67. The van der Waals surface area contributed by atoms with Crippen molar-refractivity contribution in [1.29, 1.82) is 0 Å². The maximum absolute atomic E-state index is 13.2. The van der Waals surface area contributed by atoms with Gasteiger partial charge < -0.3 is 19.7 Å². The number of aromatic nitrogens is 1. The molecule has 0 unspecified atom stereocenters. The van der Waals surface area contributed by atoms with Crippen LogP contribution in [0.15, 0.2) is 78.2 Å². The van der Waals surface area contributed by atoms with E-state index in [2.05, 4.69) is 5.32 Å². The summed E-state index contributed by atoms with van der Waals surface area (Å²) in [6.45, 7) is 2.13. The van der Waals surface area contributed by atoms with Crippen LogP contribution in [0.1, 0.15) is 12.5 Å². The molecule has 1 N–H and O–H groups in total. The van der Waals surface area contributed by atoms with Gasteiger partial charge in [-0.3, -0.25) is 4.79 Å². The van der Waals surface area contributed by atoms with Gasteiger partial charge in [0.05, 0.1) is 19.9 Å². The van der Waals surface area contributed by atoms with Crippen LogP contribution < -0.4 is 19.7 Å². The van der Waals surface area contributed by atoms with E-state index in [9.17, 15) is 9.18 Å². The monoisotopic (exact) mass is 491 g/mol. The third-order valence-corrected chi connectivity index (χ3v) is 6.42. The fraction of sp³-hybridized carbons (Fsp3) is 0.185. The number of anilines is 2. The number of methoxy groups -OCH3 is 2. The molecule has 1 aromatic heterocycles. The zero-order valence-corrected chi connectivity index (χ0v) is 20.5. The molecule has 0 aliphatic carbocycles. The highest BCUT2D eigenvalue weighted by molar-refractivity contribution is 7.14. The number of nitrogens with zero attached hydrogens (tertiary/aromatic N) is 2. The van der Waals surface area contributed by atoms with E-state index in [1.807, 2.05) is 65.7 Å². The van der Waals surface area contributed by atoms with Crippen LogP contribution in [0.3, 0.4) is 0 Å². The van der Waals surface area contributed by atoms with Crippen LogP contribution in [0.2, 0.25) is 0 Å². The molecule has 0 fully saturated rings. The third-order valence-electron chi connectivity index (χ3n) is 5.58. The highest BCUT2D eigenvalue weighted by atomic mass is 32.1. The number of halogens is 1. The predicted molar refractivity (Wildman–Crippen MR) is 137 cm³/mol. The number of amides is 1. The van der Waals surface area contributed by atoms with E-state index in [0.717, 1.165) is 34.0 Å². The second kappa shape index (κ2) is 11.0. The van der Waals surface area contributed by atoms with Gasteiger partial charge >= 0.3 is 0 Å². The maximum Gasteiger partial charge on any atom is 0.243 e. The molecule has 0 bridgehead atoms. The van der Waals surface area contributed by atoms with Crippen molar-refractivity contribution in [2.75, 3.05) is 19.1 Å². The summed E-state index contributed by atoms with van der Waals surface area (Å²) in [5.41, 5.74) is 3.39. The average molecular weight is 492 g/mol. The van der Waals surface area contributed by atoms with Crippen molar-refractivity contribution in [2.24, 2.45) is 0 Å². The minimum absolute atomic E-state index is 0.175. The molecule has 4 rings (SSSR count). The van der Waals surface area contributed by atoms with Gasteiger partial charge in [0.25, 0.3) is 0 Å². The molecule has 1 amide bonds. The molecule has 0 saturated carbocycles. The Morgan fingerprint density at radius 1 is 0.971 bits per heavy atom. The van der Waals surface area contributed by atoms with Crippen LogP contribution in [-0.4, -0.2) is 31.2 Å². The van der Waals surface area contributed by atoms with Crippen molar-refractivity contribution >= 4 is 28.1 Å². The molecule has 1 atom stereocenters. The number of thiazole rings is 1. The average Bonchev–Trinajstić information content (AvgIpc) is 3.38. The van der Waals surface area contributed by atoms with E-state index in [1.54, 1.807) is 26.4 Å². The fourth-order valence-electron chi connectivity index (χ4n) is 3.57. The van der Waals surface area contributed by atoms with Crippen molar-refractivity contribution in [2.45, 2.75) is 19.5 Å². The van der Waals surface area contributed by atoms with Crippen LogP contribution >= 0.6 is 11.3 Å². The van der Waals surface area contributed by atoms with Crippen molar-refractivity contribution < 1.29 is 18.7 Å². The Bertz CT molecular complexity index is 1260. The minimum Gasteiger partial charge on any atom is -0.497 e. The summed E-state index contributed by atoms with van der Waals surface area (Å²) in [4.78, 5) is 19.9. The second-order valence-electron chi connectivity index (χ2n) is 7.83. The summed E-state index contributed by atoms with van der Waals surface area (Å²) < 4.78 is 23.7. The topological polar surface area (TPSA) is 63.7 Å². The lowest BCUT2D eigenvalue weighted by Gasteiger charge is -2.28. The predicted octanol–water partition coefficient (Wildman–Crippen LogP) is 5.81. The zero-order valence-electron chi connectivity index (χ0n) is 19.7. The number of carbonyl (C=O) groups is 1. The van der Waals surface area contributed by atoms with Crippen molar-refractivity contribution in [3.8, 4) is 22.8 Å². The molecule has 0 saturated heterocycles. The van der Waals surface area contributed by atoms with Gasteiger partial charge in [0.2, 0.25) is 5.91 Å². The number of benzene rings is 3. The van der Waals surface area contributed by atoms with Gasteiger partial charge in [0, 0.05) is 23.2 Å². The Kier molecular flexibility index (Phi) is 7.62. The van der Waals surface area contributed by atoms with Crippen LogP contribution in [0.4, 0.5) is 15.2 Å². The smallest absolute Gasteiger partial charge is 0.243 e. The molecule has 0 aliphatic heterocycles. The largest absolute Gasteiger partial charge is 0.497 e. The fourth-order valence-corrected chi connectivity index (χ4v) is 4.50. The van der Waals surface area contributed by atoms with E-state index in [4.69, 9.17) is 14.5 Å². The summed E-state index contributed by atoms with van der Waals surface area (Å²) in [5, 5.41) is 5.60. The van der Waals surface area contributed by atoms with Gasteiger partial charge in [0.15, 0.2) is 5.13 Å². The van der Waals surface area contributed by atoms with Gasteiger partial charge in [-0.2, -0.15) is 0 Å². The third kappa shape index (κ3) is 5.78. The van der Waals surface area contributed by atoms with Crippen LogP contribution in [0.25, 0.3) is 11.3 Å². The first kappa shape index (κ1) is 24.2. The van der Waals surface area contributed by atoms with Crippen LogP contribution in [0, 0.1) is 5.82 Å². The molecular formula is C27H26FN3O3S. The number of nitrogens with one attached hydrogen (secondary N) is 1. The zero-order chi connectivity index (χ0) is 24.8. The number of rotatable bonds is 9. The lowest BCUT2D eigenvalue weighted by atomic mass is 10.1. The highest BCUT2D eigenvalue weighted by Gasteiger charge is 2.26. The number of hydrogen-bond donors (Lipinski definition) is 1. The summed E-state index contributed by atoms with van der Waals surface area (Å²) in [5.74, 6) is 1.01. The molecule has 6 nitrogen and oxygen atoms in total. The van der Waals surface area contributed by atoms with E-state index >= 15 is 0 Å². The SMILES string of the molecule is COc1ccc(-c2csc(N(c3ccc(OC)cc3)[C@@H](C)C(=O)NCc3ccc(F)cc3)n2)cc1. The van der Waals surface area contributed by atoms with E-state index in [1.165, 1.54) is 23.5 Å². The first-order valence-corrected chi connectivity index (χ1v) is 11.9. The standard InChI is InChI=1S/C27H26FN3O3S/c1-18(26(32)29-16-19-4-8-21(28)9-5-19)31(22-10-14-24(34-3)15-11-22)27-30-25(17-35-27)20-6-12-23(33-2)13-7-20/h4-15,17-18H,16H2,1-3H3,(H,29,32)/t18-/m0/s1. The lowest BCUT2D eigenvalue weighted by molar-refractivity contribution is -0.122. The number of carbonyl (C=O) groups excluding carboxylic acids is 1. The summed E-state index contributed by atoms with van der Waals surface area (Å²) >= 11 is 1.46. The molecule has 0 radical (unpaired) electrons. The molecule has 35 heavy (non-hydrogen) atoms. The molecule has 4 aromatic rings. The van der Waals surface area contributed by atoms with Gasteiger partial charge in [-0.1, -0.05) is 12.1 Å². The molecule has 0 aliphatic rings. The number of ether oxygens (including phenoxy) is 2. The number of hydrogen-bond acceptors (Lipinski definition) is 6. The van der Waals surface area contributed by atoms with Gasteiger partial charge in [-0.25, -0.2) is 9.37 Å². The molecule has 8 heteroatoms. The molecule has 1 heterocycles. The van der Waals surface area contributed by atoms with Gasteiger partial charge in [0.1, 0.15) is 23.4 Å². The molecular weight excluding hydrogens is 465 g/mol. The Balaban J connectivity index is 1.60. The van der Waals surface area contributed by atoms with Crippen molar-refractivity contribution in [1.82, 2.24) is 10.3 Å². The maximum atomic E-state index is 13.2. The Labute approximate surface area is 208 Å². The molecule has 180 valence electrons. The molecule has 3 aromatic carbocycles. The van der Waals surface area contributed by atoms with Crippen molar-refractivity contribution in [3.05, 3.63) is 89.6 Å². The van der Waals surface area contributed by atoms with Crippen LogP contribution in [-0.2, 0) is 11.3 Å².